The highest BCUT2D eigenvalue weighted by atomic mass is 16.5. The lowest BCUT2D eigenvalue weighted by atomic mass is 9.93. The summed E-state index contributed by atoms with van der Waals surface area (Å²) in [5, 5.41) is 11.8. The third-order valence-corrected chi connectivity index (χ3v) is 3.74. The van der Waals surface area contributed by atoms with Gasteiger partial charge in [0.05, 0.1) is 11.7 Å². The van der Waals surface area contributed by atoms with E-state index in [1.165, 1.54) is 12.1 Å². The molecule has 1 aromatic carbocycles. The molecule has 1 aliphatic rings. The zero-order valence-electron chi connectivity index (χ0n) is 11.5. The second-order valence-corrected chi connectivity index (χ2v) is 5.07. The molecule has 1 amide bonds. The molecule has 0 spiro atoms. The van der Waals surface area contributed by atoms with Gasteiger partial charge in [0.1, 0.15) is 0 Å². The third kappa shape index (κ3) is 3.57. The Bertz CT molecular complexity index is 475. The van der Waals surface area contributed by atoms with Crippen LogP contribution in [0, 0.1) is 0 Å². The van der Waals surface area contributed by atoms with Gasteiger partial charge in [-0.15, -0.1) is 0 Å². The fourth-order valence-electron chi connectivity index (χ4n) is 2.48. The molecule has 0 aromatic heterocycles. The van der Waals surface area contributed by atoms with E-state index in [9.17, 15) is 9.59 Å². The molecule has 108 valence electrons. The molecule has 2 N–H and O–H groups in total. The molecule has 1 aromatic rings. The fraction of sp³-hybridized carbons (Fsp3) is 0.467. The number of hydrogen-bond acceptors (Lipinski definition) is 3. The Morgan fingerprint density at radius 3 is 2.15 bits per heavy atom. The molecular weight excluding hydrogens is 258 g/mol. The molecule has 1 saturated carbocycles. The van der Waals surface area contributed by atoms with Gasteiger partial charge in [0.15, 0.2) is 0 Å². The van der Waals surface area contributed by atoms with Crippen molar-refractivity contribution >= 4 is 11.9 Å². The van der Waals surface area contributed by atoms with Crippen LogP contribution in [-0.2, 0) is 4.74 Å². The van der Waals surface area contributed by atoms with Crippen LogP contribution in [0.2, 0.25) is 0 Å². The Hall–Kier alpha value is -1.88. The van der Waals surface area contributed by atoms with Crippen LogP contribution in [0.3, 0.4) is 0 Å². The number of carbonyl (C=O) groups excluding carboxylic acids is 1. The normalized spacial score (nSPS) is 22.2. The molecule has 5 nitrogen and oxygen atoms in total. The zero-order valence-corrected chi connectivity index (χ0v) is 11.5. The molecule has 0 heterocycles. The van der Waals surface area contributed by atoms with Gasteiger partial charge in [0.25, 0.3) is 5.91 Å². The maximum Gasteiger partial charge on any atom is 0.335 e. The Morgan fingerprint density at radius 1 is 1.10 bits per heavy atom. The molecule has 0 atom stereocenters. The summed E-state index contributed by atoms with van der Waals surface area (Å²) in [5.41, 5.74) is 0.672. The number of carboxylic acids is 1. The number of amides is 1. The Morgan fingerprint density at radius 2 is 1.65 bits per heavy atom. The largest absolute Gasteiger partial charge is 0.478 e. The topological polar surface area (TPSA) is 75.6 Å². The van der Waals surface area contributed by atoms with E-state index in [-0.39, 0.29) is 17.5 Å². The second-order valence-electron chi connectivity index (χ2n) is 5.07. The van der Waals surface area contributed by atoms with E-state index in [1.54, 1.807) is 19.2 Å². The van der Waals surface area contributed by atoms with Crippen LogP contribution in [0.25, 0.3) is 0 Å². The van der Waals surface area contributed by atoms with Crippen molar-refractivity contribution in [2.75, 3.05) is 7.11 Å². The van der Waals surface area contributed by atoms with Crippen LogP contribution in [0.5, 0.6) is 0 Å². The van der Waals surface area contributed by atoms with E-state index < -0.39 is 5.97 Å². The van der Waals surface area contributed by atoms with Gasteiger partial charge in [0, 0.05) is 18.7 Å². The maximum absolute atomic E-state index is 12.1. The quantitative estimate of drug-likeness (QED) is 0.883. The summed E-state index contributed by atoms with van der Waals surface area (Å²) in [6.07, 6.45) is 4.05. The number of rotatable bonds is 4. The van der Waals surface area contributed by atoms with Crippen molar-refractivity contribution in [3.8, 4) is 0 Å². The van der Waals surface area contributed by atoms with Crippen LogP contribution < -0.4 is 5.32 Å². The molecule has 0 saturated heterocycles. The minimum atomic E-state index is -0.991. The summed E-state index contributed by atoms with van der Waals surface area (Å²) < 4.78 is 5.30. The van der Waals surface area contributed by atoms with Crippen LogP contribution in [0.4, 0.5) is 0 Å². The smallest absolute Gasteiger partial charge is 0.335 e. The minimum absolute atomic E-state index is 0.150. The van der Waals surface area contributed by atoms with Crippen LogP contribution in [-0.4, -0.2) is 36.2 Å². The van der Waals surface area contributed by atoms with Gasteiger partial charge in [-0.3, -0.25) is 4.79 Å². The lowest BCUT2D eigenvalue weighted by Crippen LogP contribution is -2.38. The van der Waals surface area contributed by atoms with Gasteiger partial charge in [-0.05, 0) is 49.9 Å². The van der Waals surface area contributed by atoms with Gasteiger partial charge >= 0.3 is 5.97 Å². The summed E-state index contributed by atoms with van der Waals surface area (Å²) in [4.78, 5) is 22.8. The number of hydrogen-bond donors (Lipinski definition) is 2. The highest BCUT2D eigenvalue weighted by Crippen LogP contribution is 2.21. The van der Waals surface area contributed by atoms with Gasteiger partial charge in [-0.25, -0.2) is 4.79 Å². The number of benzene rings is 1. The van der Waals surface area contributed by atoms with Crippen molar-refractivity contribution in [2.45, 2.75) is 37.8 Å². The molecule has 0 aliphatic heterocycles. The van der Waals surface area contributed by atoms with Gasteiger partial charge in [-0.1, -0.05) is 0 Å². The van der Waals surface area contributed by atoms with E-state index in [0.717, 1.165) is 25.7 Å². The maximum atomic E-state index is 12.1. The fourth-order valence-corrected chi connectivity index (χ4v) is 2.48. The predicted molar refractivity (Wildman–Crippen MR) is 73.9 cm³/mol. The lowest BCUT2D eigenvalue weighted by Gasteiger charge is -2.28. The number of carbonyl (C=O) groups is 2. The predicted octanol–water partition coefficient (Wildman–Crippen LogP) is 2.07. The standard InChI is InChI=1S/C15H19NO4/c1-20-13-8-6-12(7-9-13)16-14(17)10-2-4-11(5-3-10)15(18)19/h2-5,12-13H,6-9H2,1H3,(H,16,17)(H,18,19). The van der Waals surface area contributed by atoms with Gasteiger partial charge in [0.2, 0.25) is 0 Å². The number of carboxylic acid groups (broad SMARTS) is 1. The summed E-state index contributed by atoms with van der Waals surface area (Å²) in [5.74, 6) is -1.14. The zero-order chi connectivity index (χ0) is 14.5. The summed E-state index contributed by atoms with van der Waals surface area (Å²) in [6, 6.07) is 6.14. The SMILES string of the molecule is COC1CCC(NC(=O)c2ccc(C(=O)O)cc2)CC1. The number of ether oxygens (including phenoxy) is 1. The molecule has 0 radical (unpaired) electrons. The van der Waals surface area contributed by atoms with E-state index in [4.69, 9.17) is 9.84 Å². The molecule has 5 heteroatoms. The average Bonchev–Trinajstić information content (AvgIpc) is 2.48. The van der Waals surface area contributed by atoms with Crippen molar-refractivity contribution in [2.24, 2.45) is 0 Å². The molecule has 20 heavy (non-hydrogen) atoms. The van der Waals surface area contributed by atoms with Crippen molar-refractivity contribution in [1.82, 2.24) is 5.32 Å². The van der Waals surface area contributed by atoms with Crippen molar-refractivity contribution in [1.29, 1.82) is 0 Å². The monoisotopic (exact) mass is 277 g/mol. The molecule has 1 fully saturated rings. The summed E-state index contributed by atoms with van der Waals surface area (Å²) in [6.45, 7) is 0. The van der Waals surface area contributed by atoms with Crippen molar-refractivity contribution in [3.63, 3.8) is 0 Å². The first-order valence-corrected chi connectivity index (χ1v) is 6.77. The van der Waals surface area contributed by atoms with E-state index in [0.29, 0.717) is 11.7 Å². The average molecular weight is 277 g/mol. The van der Waals surface area contributed by atoms with Gasteiger partial charge < -0.3 is 15.2 Å². The molecule has 1 aliphatic carbocycles. The highest BCUT2D eigenvalue weighted by molar-refractivity contribution is 5.96. The molecule has 0 bridgehead atoms. The minimum Gasteiger partial charge on any atom is -0.478 e. The number of aromatic carboxylic acids is 1. The van der Waals surface area contributed by atoms with E-state index in [2.05, 4.69) is 5.32 Å². The highest BCUT2D eigenvalue weighted by Gasteiger charge is 2.22. The Balaban J connectivity index is 1.90. The summed E-state index contributed by atoms with van der Waals surface area (Å²) in [7, 11) is 1.72. The van der Waals surface area contributed by atoms with Crippen molar-refractivity contribution in [3.05, 3.63) is 35.4 Å². The van der Waals surface area contributed by atoms with Gasteiger partial charge in [-0.2, -0.15) is 0 Å². The Labute approximate surface area is 117 Å². The molecule has 0 unspecified atom stereocenters. The first-order valence-electron chi connectivity index (χ1n) is 6.77. The van der Waals surface area contributed by atoms with E-state index >= 15 is 0 Å². The first-order chi connectivity index (χ1) is 9.60. The van der Waals surface area contributed by atoms with Crippen LogP contribution in [0.15, 0.2) is 24.3 Å². The second kappa shape index (κ2) is 6.52. The lowest BCUT2D eigenvalue weighted by molar-refractivity contribution is 0.0599. The van der Waals surface area contributed by atoms with Crippen LogP contribution >= 0.6 is 0 Å². The third-order valence-electron chi connectivity index (χ3n) is 3.74. The number of methoxy groups -OCH3 is 1. The number of nitrogens with one attached hydrogen (secondary N) is 1. The molecule has 2 rings (SSSR count). The first kappa shape index (κ1) is 14.5. The summed E-state index contributed by atoms with van der Waals surface area (Å²) >= 11 is 0. The van der Waals surface area contributed by atoms with Crippen LogP contribution in [0.1, 0.15) is 46.4 Å². The Kier molecular flexibility index (Phi) is 4.74. The van der Waals surface area contributed by atoms with E-state index in [1.807, 2.05) is 0 Å². The molecular formula is C15H19NO4. The van der Waals surface area contributed by atoms with Crippen molar-refractivity contribution < 1.29 is 19.4 Å².